The number of morpholine rings is 1. The fourth-order valence-electron chi connectivity index (χ4n) is 2.63. The van der Waals surface area contributed by atoms with Crippen molar-refractivity contribution in [3.63, 3.8) is 0 Å². The van der Waals surface area contributed by atoms with E-state index in [0.717, 1.165) is 21.1 Å². The van der Waals surface area contributed by atoms with Crippen LogP contribution in [0.1, 0.15) is 23.5 Å². The fourth-order valence-corrected chi connectivity index (χ4v) is 3.70. The third kappa shape index (κ3) is 3.77. The number of aryl methyl sites for hydroxylation is 1. The van der Waals surface area contributed by atoms with Crippen LogP contribution in [-0.4, -0.2) is 36.7 Å². The van der Waals surface area contributed by atoms with Crippen molar-refractivity contribution in [3.05, 3.63) is 40.9 Å². The molecule has 2 aromatic rings. The van der Waals surface area contributed by atoms with Crippen LogP contribution < -0.4 is 10.6 Å². The summed E-state index contributed by atoms with van der Waals surface area (Å²) in [6.07, 6.45) is 0. The molecule has 0 aliphatic carbocycles. The van der Waals surface area contributed by atoms with Gasteiger partial charge in [-0.2, -0.15) is 0 Å². The van der Waals surface area contributed by atoms with Gasteiger partial charge in [-0.1, -0.05) is 30.3 Å². The first kappa shape index (κ1) is 16.1. The van der Waals surface area contributed by atoms with Crippen molar-refractivity contribution in [1.82, 2.24) is 15.6 Å². The van der Waals surface area contributed by atoms with Crippen LogP contribution in [0.2, 0.25) is 0 Å². The lowest BCUT2D eigenvalue weighted by molar-refractivity contribution is -0.126. The molecule has 0 spiro atoms. The summed E-state index contributed by atoms with van der Waals surface area (Å²) in [7, 11) is 0. The topological polar surface area (TPSA) is 63.2 Å². The van der Waals surface area contributed by atoms with E-state index >= 15 is 0 Å². The fraction of sp³-hybridized carbons (Fsp3) is 0.412. The van der Waals surface area contributed by atoms with Crippen molar-refractivity contribution in [2.75, 3.05) is 19.8 Å². The Balaban J connectivity index is 1.71. The highest BCUT2D eigenvalue weighted by atomic mass is 32.1. The zero-order valence-corrected chi connectivity index (χ0v) is 14.2. The quantitative estimate of drug-likeness (QED) is 0.902. The summed E-state index contributed by atoms with van der Waals surface area (Å²) in [4.78, 5) is 18.0. The monoisotopic (exact) mass is 331 g/mol. The summed E-state index contributed by atoms with van der Waals surface area (Å²) in [5.74, 6) is -0.0220. The molecular formula is C17H21N3O2S. The Kier molecular flexibility index (Phi) is 5.05. The van der Waals surface area contributed by atoms with Gasteiger partial charge >= 0.3 is 0 Å². The molecule has 1 aliphatic heterocycles. The molecule has 0 saturated carbocycles. The number of thiazole rings is 1. The Morgan fingerprint density at radius 2 is 2.22 bits per heavy atom. The molecule has 2 N–H and O–H groups in total. The Labute approximate surface area is 140 Å². The highest BCUT2D eigenvalue weighted by Gasteiger charge is 2.24. The molecule has 23 heavy (non-hydrogen) atoms. The third-order valence-electron chi connectivity index (χ3n) is 3.84. The predicted octanol–water partition coefficient (Wildman–Crippen LogP) is 2.28. The number of carbonyl (C=O) groups excluding carboxylic acids is 1. The molecular weight excluding hydrogens is 310 g/mol. The number of ether oxygens (including phenoxy) is 1. The van der Waals surface area contributed by atoms with Crippen molar-refractivity contribution in [1.29, 1.82) is 0 Å². The first-order valence-electron chi connectivity index (χ1n) is 7.79. The van der Waals surface area contributed by atoms with Gasteiger partial charge < -0.3 is 15.4 Å². The SMILES string of the molecule is Cc1nc(-c2ccccc2)sc1C(C)NC(=O)C1COCCN1. The standard InChI is InChI=1S/C17H21N3O2S/c1-11(19-16(21)14-10-22-9-8-18-14)15-12(2)20-17(23-15)13-6-4-3-5-7-13/h3-7,11,14,18H,8-10H2,1-2H3,(H,19,21). The van der Waals surface area contributed by atoms with Crippen LogP contribution in [-0.2, 0) is 9.53 Å². The molecule has 2 atom stereocenters. The summed E-state index contributed by atoms with van der Waals surface area (Å²) in [5, 5.41) is 7.22. The van der Waals surface area contributed by atoms with E-state index in [0.29, 0.717) is 19.8 Å². The molecule has 1 aliphatic rings. The van der Waals surface area contributed by atoms with E-state index in [-0.39, 0.29) is 18.0 Å². The lowest BCUT2D eigenvalue weighted by Gasteiger charge is -2.24. The molecule has 1 saturated heterocycles. The van der Waals surface area contributed by atoms with Crippen LogP contribution in [0.4, 0.5) is 0 Å². The average Bonchev–Trinajstić information content (AvgIpc) is 2.98. The van der Waals surface area contributed by atoms with E-state index in [1.54, 1.807) is 11.3 Å². The minimum absolute atomic E-state index is 0.0220. The van der Waals surface area contributed by atoms with Gasteiger partial charge in [-0.05, 0) is 13.8 Å². The number of nitrogens with one attached hydrogen (secondary N) is 2. The molecule has 1 aromatic carbocycles. The number of hydrogen-bond acceptors (Lipinski definition) is 5. The number of carbonyl (C=O) groups is 1. The second-order valence-corrected chi connectivity index (χ2v) is 6.68. The van der Waals surface area contributed by atoms with Crippen LogP contribution in [0.5, 0.6) is 0 Å². The second-order valence-electron chi connectivity index (χ2n) is 5.65. The largest absolute Gasteiger partial charge is 0.378 e. The highest BCUT2D eigenvalue weighted by molar-refractivity contribution is 7.15. The predicted molar refractivity (Wildman–Crippen MR) is 91.5 cm³/mol. The van der Waals surface area contributed by atoms with Gasteiger partial charge in [0.25, 0.3) is 0 Å². The van der Waals surface area contributed by atoms with Crippen LogP contribution in [0.3, 0.4) is 0 Å². The van der Waals surface area contributed by atoms with Crippen molar-refractivity contribution in [2.45, 2.75) is 25.9 Å². The summed E-state index contributed by atoms with van der Waals surface area (Å²) >= 11 is 1.63. The summed E-state index contributed by atoms with van der Waals surface area (Å²) in [6, 6.07) is 9.77. The van der Waals surface area contributed by atoms with Gasteiger partial charge in [0.15, 0.2) is 0 Å². The lowest BCUT2D eigenvalue weighted by Crippen LogP contribution is -2.51. The van der Waals surface area contributed by atoms with Gasteiger partial charge in [0.1, 0.15) is 11.0 Å². The molecule has 2 heterocycles. The van der Waals surface area contributed by atoms with Crippen molar-refractivity contribution in [3.8, 4) is 10.6 Å². The van der Waals surface area contributed by atoms with Crippen LogP contribution in [0, 0.1) is 6.92 Å². The number of rotatable bonds is 4. The number of nitrogens with zero attached hydrogens (tertiary/aromatic N) is 1. The molecule has 1 amide bonds. The number of amides is 1. The lowest BCUT2D eigenvalue weighted by atomic mass is 10.2. The van der Waals surface area contributed by atoms with E-state index in [1.165, 1.54) is 0 Å². The molecule has 1 aromatic heterocycles. The Morgan fingerprint density at radius 3 is 2.91 bits per heavy atom. The third-order valence-corrected chi connectivity index (χ3v) is 5.23. The van der Waals surface area contributed by atoms with E-state index in [9.17, 15) is 4.79 Å². The Hall–Kier alpha value is -1.76. The van der Waals surface area contributed by atoms with E-state index in [4.69, 9.17) is 4.74 Å². The maximum absolute atomic E-state index is 12.3. The molecule has 0 radical (unpaired) electrons. The molecule has 0 bridgehead atoms. The van der Waals surface area contributed by atoms with Crippen molar-refractivity contribution >= 4 is 17.2 Å². The number of hydrogen-bond donors (Lipinski definition) is 2. The van der Waals surface area contributed by atoms with Crippen molar-refractivity contribution < 1.29 is 9.53 Å². The molecule has 122 valence electrons. The minimum atomic E-state index is -0.270. The first-order valence-corrected chi connectivity index (χ1v) is 8.61. The first-order chi connectivity index (χ1) is 11.1. The molecule has 3 rings (SSSR count). The van der Waals surface area contributed by atoms with Crippen LogP contribution in [0.25, 0.3) is 10.6 Å². The maximum atomic E-state index is 12.3. The highest BCUT2D eigenvalue weighted by Crippen LogP contribution is 2.31. The summed E-state index contributed by atoms with van der Waals surface area (Å²) in [6.45, 7) is 5.78. The average molecular weight is 331 g/mol. The normalized spacial score (nSPS) is 19.3. The molecule has 5 nitrogen and oxygen atoms in total. The minimum Gasteiger partial charge on any atom is -0.378 e. The molecule has 1 fully saturated rings. The van der Waals surface area contributed by atoms with Crippen molar-refractivity contribution in [2.24, 2.45) is 0 Å². The zero-order valence-electron chi connectivity index (χ0n) is 13.3. The van der Waals surface area contributed by atoms with Gasteiger partial charge in [-0.3, -0.25) is 4.79 Å². The summed E-state index contributed by atoms with van der Waals surface area (Å²) < 4.78 is 5.34. The number of aromatic nitrogens is 1. The number of benzene rings is 1. The second kappa shape index (κ2) is 7.21. The summed E-state index contributed by atoms with van der Waals surface area (Å²) in [5.41, 5.74) is 2.07. The van der Waals surface area contributed by atoms with Gasteiger partial charge in [-0.25, -0.2) is 4.98 Å². The van der Waals surface area contributed by atoms with E-state index < -0.39 is 0 Å². The Morgan fingerprint density at radius 1 is 1.43 bits per heavy atom. The van der Waals surface area contributed by atoms with E-state index in [1.807, 2.05) is 32.0 Å². The zero-order chi connectivity index (χ0) is 16.2. The van der Waals surface area contributed by atoms with Gasteiger partial charge in [0.2, 0.25) is 5.91 Å². The van der Waals surface area contributed by atoms with Gasteiger partial charge in [-0.15, -0.1) is 11.3 Å². The van der Waals surface area contributed by atoms with E-state index in [2.05, 4.69) is 27.8 Å². The van der Waals surface area contributed by atoms with Gasteiger partial charge in [0, 0.05) is 12.1 Å². The molecule has 6 heteroatoms. The van der Waals surface area contributed by atoms with Crippen LogP contribution in [0.15, 0.2) is 30.3 Å². The van der Waals surface area contributed by atoms with Crippen LogP contribution >= 0.6 is 11.3 Å². The molecule has 2 unspecified atom stereocenters. The Bertz CT molecular complexity index is 666. The maximum Gasteiger partial charge on any atom is 0.240 e. The smallest absolute Gasteiger partial charge is 0.240 e. The van der Waals surface area contributed by atoms with Gasteiger partial charge in [0.05, 0.1) is 29.8 Å².